The van der Waals surface area contributed by atoms with Gasteiger partial charge in [0, 0.05) is 23.3 Å². The first kappa shape index (κ1) is 15.1. The summed E-state index contributed by atoms with van der Waals surface area (Å²) < 4.78 is 0. The summed E-state index contributed by atoms with van der Waals surface area (Å²) >= 11 is 0. The van der Waals surface area contributed by atoms with Crippen molar-refractivity contribution >= 4 is 38.9 Å². The van der Waals surface area contributed by atoms with E-state index in [9.17, 15) is 0 Å². The van der Waals surface area contributed by atoms with Crippen LogP contribution in [0.5, 0.6) is 0 Å². The molecule has 4 aromatic rings. The van der Waals surface area contributed by atoms with Gasteiger partial charge in [-0.3, -0.25) is 0 Å². The number of aromatic nitrogens is 3. The van der Waals surface area contributed by atoms with Crippen molar-refractivity contribution in [3.8, 4) is 0 Å². The number of aromatic amines is 1. The lowest BCUT2D eigenvalue weighted by molar-refractivity contribution is 0.737. The number of benzene rings is 2. The third kappa shape index (κ3) is 2.62. The molecule has 5 heteroatoms. The topological polar surface area (TPSA) is 65.6 Å². The highest BCUT2D eigenvalue weighted by Gasteiger charge is 2.13. The van der Waals surface area contributed by atoms with E-state index in [-0.39, 0.29) is 0 Å². The molecular formula is C21H19N5. The first-order chi connectivity index (χ1) is 12.9. The van der Waals surface area contributed by atoms with Gasteiger partial charge in [-0.25, -0.2) is 9.97 Å². The van der Waals surface area contributed by atoms with Gasteiger partial charge in [0.2, 0.25) is 0 Å². The van der Waals surface area contributed by atoms with E-state index in [0.29, 0.717) is 0 Å². The van der Waals surface area contributed by atoms with E-state index >= 15 is 0 Å². The minimum Gasteiger partial charge on any atom is -0.339 e. The SMILES string of the molecule is C1=C(c2cc3c(Nc4cccc5ccccc45)ncnc3[nH]2)CCNC1. The van der Waals surface area contributed by atoms with Crippen LogP contribution >= 0.6 is 0 Å². The summed E-state index contributed by atoms with van der Waals surface area (Å²) in [5, 5.41) is 10.2. The molecule has 0 bridgehead atoms. The molecule has 5 nitrogen and oxygen atoms in total. The summed E-state index contributed by atoms with van der Waals surface area (Å²) in [4.78, 5) is 12.3. The Bertz CT molecular complexity index is 1120. The van der Waals surface area contributed by atoms with Gasteiger partial charge < -0.3 is 15.6 Å². The van der Waals surface area contributed by atoms with E-state index in [1.165, 1.54) is 16.3 Å². The minimum absolute atomic E-state index is 0.823. The van der Waals surface area contributed by atoms with Gasteiger partial charge in [0.05, 0.1) is 5.39 Å². The lowest BCUT2D eigenvalue weighted by Gasteiger charge is -2.12. The molecule has 0 fully saturated rings. The van der Waals surface area contributed by atoms with Crippen molar-refractivity contribution in [1.29, 1.82) is 0 Å². The predicted molar refractivity (Wildman–Crippen MR) is 107 cm³/mol. The standard InChI is InChI=1S/C21H19N5/c1-2-6-16-14(4-1)5-3-7-18(16)25-20-17-12-19(15-8-10-22-11-9-15)26-21(17)24-13-23-20/h1-8,12-13,22H,9-11H2,(H2,23,24,25,26). The second kappa shape index (κ2) is 6.28. The molecule has 3 heterocycles. The van der Waals surface area contributed by atoms with Crippen LogP contribution in [0.1, 0.15) is 12.1 Å². The Hall–Kier alpha value is -3.18. The van der Waals surface area contributed by atoms with Crippen LogP contribution in [0.2, 0.25) is 0 Å². The number of rotatable bonds is 3. The summed E-state index contributed by atoms with van der Waals surface area (Å²) in [5.41, 5.74) is 4.37. The number of H-pyrrole nitrogens is 1. The lowest BCUT2D eigenvalue weighted by atomic mass is 10.1. The Kier molecular flexibility index (Phi) is 3.65. The van der Waals surface area contributed by atoms with E-state index in [2.05, 4.69) is 80.2 Å². The van der Waals surface area contributed by atoms with Gasteiger partial charge in [0.25, 0.3) is 0 Å². The molecule has 0 saturated carbocycles. The molecule has 2 aromatic carbocycles. The Labute approximate surface area is 151 Å². The van der Waals surface area contributed by atoms with E-state index in [1.807, 2.05) is 0 Å². The van der Waals surface area contributed by atoms with E-state index in [4.69, 9.17) is 0 Å². The lowest BCUT2D eigenvalue weighted by Crippen LogP contribution is -2.20. The molecule has 1 aliphatic rings. The van der Waals surface area contributed by atoms with Crippen LogP contribution in [0.4, 0.5) is 11.5 Å². The number of nitrogens with zero attached hydrogens (tertiary/aromatic N) is 2. The Morgan fingerprint density at radius 1 is 0.962 bits per heavy atom. The Morgan fingerprint density at radius 2 is 1.88 bits per heavy atom. The van der Waals surface area contributed by atoms with Crippen molar-refractivity contribution in [3.63, 3.8) is 0 Å². The van der Waals surface area contributed by atoms with Gasteiger partial charge in [-0.05, 0) is 36.1 Å². The monoisotopic (exact) mass is 341 g/mol. The number of hydrogen-bond donors (Lipinski definition) is 3. The molecule has 0 unspecified atom stereocenters. The van der Waals surface area contributed by atoms with Gasteiger partial charge in [-0.1, -0.05) is 42.5 Å². The molecule has 128 valence electrons. The second-order valence-corrected chi connectivity index (χ2v) is 6.50. The van der Waals surface area contributed by atoms with E-state index in [0.717, 1.165) is 47.7 Å². The van der Waals surface area contributed by atoms with E-state index < -0.39 is 0 Å². The van der Waals surface area contributed by atoms with Crippen molar-refractivity contribution in [3.05, 3.63) is 66.6 Å². The summed E-state index contributed by atoms with van der Waals surface area (Å²) in [6.07, 6.45) is 4.86. The number of anilines is 2. The first-order valence-corrected chi connectivity index (χ1v) is 8.87. The third-order valence-corrected chi connectivity index (χ3v) is 4.88. The molecule has 0 amide bonds. The van der Waals surface area contributed by atoms with E-state index in [1.54, 1.807) is 6.33 Å². The third-order valence-electron chi connectivity index (χ3n) is 4.88. The Balaban J connectivity index is 1.58. The smallest absolute Gasteiger partial charge is 0.143 e. The van der Waals surface area contributed by atoms with Crippen molar-refractivity contribution < 1.29 is 0 Å². The maximum atomic E-state index is 4.49. The van der Waals surface area contributed by atoms with Crippen molar-refractivity contribution in [1.82, 2.24) is 20.3 Å². The maximum Gasteiger partial charge on any atom is 0.143 e. The number of nitrogens with one attached hydrogen (secondary N) is 3. The molecule has 5 rings (SSSR count). The fourth-order valence-corrected chi connectivity index (χ4v) is 3.54. The molecule has 3 N–H and O–H groups in total. The zero-order valence-electron chi connectivity index (χ0n) is 14.3. The average molecular weight is 341 g/mol. The van der Waals surface area contributed by atoms with Crippen LogP contribution in [0.15, 0.2) is 60.9 Å². The van der Waals surface area contributed by atoms with Gasteiger partial charge in [-0.15, -0.1) is 0 Å². The number of fused-ring (bicyclic) bond motifs is 2. The molecule has 26 heavy (non-hydrogen) atoms. The summed E-state index contributed by atoms with van der Waals surface area (Å²) in [6.45, 7) is 1.92. The second-order valence-electron chi connectivity index (χ2n) is 6.50. The minimum atomic E-state index is 0.823. The van der Waals surface area contributed by atoms with Gasteiger partial charge in [0.1, 0.15) is 17.8 Å². The molecule has 0 radical (unpaired) electrons. The van der Waals surface area contributed by atoms with Crippen LogP contribution in [0.3, 0.4) is 0 Å². The van der Waals surface area contributed by atoms with Crippen molar-refractivity contribution in [2.24, 2.45) is 0 Å². The molecular weight excluding hydrogens is 322 g/mol. The fourth-order valence-electron chi connectivity index (χ4n) is 3.54. The number of hydrogen-bond acceptors (Lipinski definition) is 4. The van der Waals surface area contributed by atoms with Gasteiger partial charge in [-0.2, -0.15) is 0 Å². The summed E-state index contributed by atoms with van der Waals surface area (Å²) in [6, 6.07) is 16.8. The van der Waals surface area contributed by atoms with Gasteiger partial charge in [0.15, 0.2) is 0 Å². The zero-order chi connectivity index (χ0) is 17.3. The highest BCUT2D eigenvalue weighted by atomic mass is 15.0. The molecule has 0 spiro atoms. The highest BCUT2D eigenvalue weighted by Crippen LogP contribution is 2.30. The highest BCUT2D eigenvalue weighted by molar-refractivity contribution is 5.98. The van der Waals surface area contributed by atoms with Crippen LogP contribution in [0, 0.1) is 0 Å². The zero-order valence-corrected chi connectivity index (χ0v) is 14.3. The first-order valence-electron chi connectivity index (χ1n) is 8.87. The van der Waals surface area contributed by atoms with Gasteiger partial charge >= 0.3 is 0 Å². The molecule has 0 atom stereocenters. The van der Waals surface area contributed by atoms with Crippen LogP contribution in [-0.4, -0.2) is 28.0 Å². The maximum absolute atomic E-state index is 4.49. The summed E-state index contributed by atoms with van der Waals surface area (Å²) in [7, 11) is 0. The predicted octanol–water partition coefficient (Wildman–Crippen LogP) is 4.23. The van der Waals surface area contributed by atoms with Crippen LogP contribution in [0.25, 0.3) is 27.4 Å². The summed E-state index contributed by atoms with van der Waals surface area (Å²) in [5.74, 6) is 0.823. The largest absolute Gasteiger partial charge is 0.339 e. The van der Waals surface area contributed by atoms with Crippen molar-refractivity contribution in [2.45, 2.75) is 6.42 Å². The molecule has 1 aliphatic heterocycles. The molecule has 0 aliphatic carbocycles. The van der Waals surface area contributed by atoms with Crippen LogP contribution in [-0.2, 0) is 0 Å². The average Bonchev–Trinajstić information content (AvgIpc) is 3.14. The van der Waals surface area contributed by atoms with Crippen molar-refractivity contribution in [2.75, 3.05) is 18.4 Å². The fraction of sp³-hybridized carbons (Fsp3) is 0.143. The normalized spacial score (nSPS) is 14.5. The quantitative estimate of drug-likeness (QED) is 0.522. The Morgan fingerprint density at radius 3 is 2.81 bits per heavy atom. The molecule has 2 aromatic heterocycles. The molecule has 0 saturated heterocycles. The van der Waals surface area contributed by atoms with Crippen LogP contribution < -0.4 is 10.6 Å².